The molecule has 0 aromatic heterocycles. The minimum atomic E-state index is -1.04. The Hall–Kier alpha value is -1.30. The van der Waals surface area contributed by atoms with Gasteiger partial charge in [-0.05, 0) is 18.3 Å². The summed E-state index contributed by atoms with van der Waals surface area (Å²) in [7, 11) is 0. The van der Waals surface area contributed by atoms with Gasteiger partial charge in [-0.15, -0.1) is 0 Å². The van der Waals surface area contributed by atoms with Crippen LogP contribution in [0.4, 0.5) is 4.79 Å². The van der Waals surface area contributed by atoms with Crippen LogP contribution >= 0.6 is 0 Å². The van der Waals surface area contributed by atoms with Gasteiger partial charge < -0.3 is 20.0 Å². The molecule has 2 amide bonds. The van der Waals surface area contributed by atoms with Gasteiger partial charge in [-0.2, -0.15) is 0 Å². The number of urea groups is 1. The largest absolute Gasteiger partial charge is 0.480 e. The van der Waals surface area contributed by atoms with E-state index in [1.54, 1.807) is 4.90 Å². The number of aliphatic hydroxyl groups excluding tert-OH is 1. The van der Waals surface area contributed by atoms with Crippen molar-refractivity contribution in [2.75, 3.05) is 19.6 Å². The number of likely N-dealkylation sites (tertiary alicyclic amines) is 2. The second-order valence-electron chi connectivity index (χ2n) is 6.37. The molecule has 2 aliphatic heterocycles. The van der Waals surface area contributed by atoms with Crippen LogP contribution < -0.4 is 0 Å². The van der Waals surface area contributed by atoms with Gasteiger partial charge >= 0.3 is 12.0 Å². The van der Waals surface area contributed by atoms with Crippen LogP contribution in [0.15, 0.2) is 0 Å². The third kappa shape index (κ3) is 3.00. The van der Waals surface area contributed by atoms with Crippen molar-refractivity contribution in [1.82, 2.24) is 9.80 Å². The molecule has 2 fully saturated rings. The Bertz CT molecular complexity index is 383. The summed E-state index contributed by atoms with van der Waals surface area (Å²) in [6, 6.07) is -1.15. The zero-order valence-electron chi connectivity index (χ0n) is 11.5. The molecule has 0 spiro atoms. The van der Waals surface area contributed by atoms with Crippen molar-refractivity contribution in [2.24, 2.45) is 5.41 Å². The first-order valence-corrected chi connectivity index (χ1v) is 6.76. The summed E-state index contributed by atoms with van der Waals surface area (Å²) < 4.78 is 0. The number of aliphatic carboxylic acids is 1. The number of amides is 2. The zero-order valence-corrected chi connectivity index (χ0v) is 11.5. The highest BCUT2D eigenvalue weighted by molar-refractivity contribution is 5.83. The van der Waals surface area contributed by atoms with Gasteiger partial charge in [0, 0.05) is 26.1 Å². The molecule has 0 radical (unpaired) electrons. The van der Waals surface area contributed by atoms with E-state index in [1.165, 1.54) is 4.90 Å². The summed E-state index contributed by atoms with van der Waals surface area (Å²) in [5.74, 6) is -1.04. The number of hydrogen-bond donors (Lipinski definition) is 2. The first kappa shape index (κ1) is 14.1. The Balaban J connectivity index is 2.08. The van der Waals surface area contributed by atoms with Crippen molar-refractivity contribution >= 4 is 12.0 Å². The number of carbonyl (C=O) groups is 2. The molecule has 1 unspecified atom stereocenters. The molecule has 108 valence electrons. The summed E-state index contributed by atoms with van der Waals surface area (Å²) in [4.78, 5) is 26.6. The van der Waals surface area contributed by atoms with Crippen LogP contribution in [0.2, 0.25) is 0 Å². The number of carboxylic acids is 1. The van der Waals surface area contributed by atoms with Gasteiger partial charge in [-0.1, -0.05) is 13.8 Å². The molecule has 2 aliphatic rings. The number of rotatable bonds is 1. The third-order valence-corrected chi connectivity index (χ3v) is 3.98. The number of carbonyl (C=O) groups excluding carboxylic acids is 1. The number of nitrogens with zero attached hydrogens (tertiary/aromatic N) is 2. The van der Waals surface area contributed by atoms with Crippen molar-refractivity contribution in [3.63, 3.8) is 0 Å². The van der Waals surface area contributed by atoms with Crippen LogP contribution in [0.3, 0.4) is 0 Å². The summed E-state index contributed by atoms with van der Waals surface area (Å²) in [5, 5.41) is 18.7. The quantitative estimate of drug-likeness (QED) is 0.736. The molecule has 0 aliphatic carbocycles. The molecule has 2 heterocycles. The fourth-order valence-corrected chi connectivity index (χ4v) is 3.03. The number of aliphatic hydroxyl groups is 1. The van der Waals surface area contributed by atoms with Crippen molar-refractivity contribution in [2.45, 2.75) is 45.3 Å². The molecule has 2 N–H and O–H groups in total. The Morgan fingerprint density at radius 1 is 1.32 bits per heavy atom. The highest BCUT2D eigenvalue weighted by Crippen LogP contribution is 2.30. The summed E-state index contributed by atoms with van der Waals surface area (Å²) in [6.07, 6.45) is 1.40. The Labute approximate surface area is 113 Å². The van der Waals surface area contributed by atoms with Crippen LogP contribution in [-0.4, -0.2) is 63.8 Å². The molecule has 2 rings (SSSR count). The summed E-state index contributed by atoms with van der Waals surface area (Å²) in [5.41, 5.74) is 0.0744. The topological polar surface area (TPSA) is 81.1 Å². The molecule has 6 nitrogen and oxygen atoms in total. The SMILES string of the molecule is CC1(C)CCCN(C(=O)N2CC(O)C[C@H]2C(=O)O)C1. The van der Waals surface area contributed by atoms with Gasteiger partial charge in [0.05, 0.1) is 6.10 Å². The lowest BCUT2D eigenvalue weighted by atomic mass is 9.84. The lowest BCUT2D eigenvalue weighted by Gasteiger charge is -2.40. The van der Waals surface area contributed by atoms with Gasteiger partial charge in [0.1, 0.15) is 6.04 Å². The third-order valence-electron chi connectivity index (χ3n) is 3.98. The molecular formula is C13H22N2O4. The van der Waals surface area contributed by atoms with E-state index in [2.05, 4.69) is 13.8 Å². The highest BCUT2D eigenvalue weighted by Gasteiger charge is 2.42. The van der Waals surface area contributed by atoms with E-state index < -0.39 is 18.1 Å². The van der Waals surface area contributed by atoms with Crippen molar-refractivity contribution in [3.05, 3.63) is 0 Å². The van der Waals surface area contributed by atoms with Gasteiger partial charge in [-0.25, -0.2) is 9.59 Å². The monoisotopic (exact) mass is 270 g/mol. The smallest absolute Gasteiger partial charge is 0.326 e. The van der Waals surface area contributed by atoms with Gasteiger partial charge in [-0.3, -0.25) is 0 Å². The van der Waals surface area contributed by atoms with E-state index in [9.17, 15) is 14.7 Å². The summed E-state index contributed by atoms with van der Waals surface area (Å²) >= 11 is 0. The Kier molecular flexibility index (Phi) is 3.71. The molecule has 0 aromatic rings. The molecule has 19 heavy (non-hydrogen) atoms. The van der Waals surface area contributed by atoms with E-state index in [-0.39, 0.29) is 24.4 Å². The van der Waals surface area contributed by atoms with Crippen molar-refractivity contribution in [1.29, 1.82) is 0 Å². The van der Waals surface area contributed by atoms with Crippen LogP contribution in [0.1, 0.15) is 33.1 Å². The fraction of sp³-hybridized carbons (Fsp3) is 0.846. The standard InChI is InChI=1S/C13H22N2O4/c1-13(2)4-3-5-14(8-13)12(19)15-7-9(16)6-10(15)11(17)18/h9-10,16H,3-8H2,1-2H3,(H,17,18)/t9?,10-/m0/s1. The maximum atomic E-state index is 12.4. The Morgan fingerprint density at radius 3 is 2.58 bits per heavy atom. The lowest BCUT2D eigenvalue weighted by Crippen LogP contribution is -2.52. The van der Waals surface area contributed by atoms with E-state index >= 15 is 0 Å². The maximum absolute atomic E-state index is 12.4. The van der Waals surface area contributed by atoms with E-state index in [4.69, 9.17) is 5.11 Å². The molecule has 0 saturated carbocycles. The van der Waals surface area contributed by atoms with Crippen LogP contribution in [0.5, 0.6) is 0 Å². The highest BCUT2D eigenvalue weighted by atomic mass is 16.4. The predicted octanol–water partition coefficient (Wildman–Crippen LogP) is 0.748. The minimum Gasteiger partial charge on any atom is -0.480 e. The first-order chi connectivity index (χ1) is 8.80. The van der Waals surface area contributed by atoms with Crippen LogP contribution in [0, 0.1) is 5.41 Å². The van der Waals surface area contributed by atoms with Crippen LogP contribution in [0.25, 0.3) is 0 Å². The average molecular weight is 270 g/mol. The number of β-amino-alcohol motifs (C(OH)–C–C–N with tert-alkyl or cyclic N) is 1. The fourth-order valence-electron chi connectivity index (χ4n) is 3.03. The second-order valence-corrected chi connectivity index (χ2v) is 6.37. The number of hydrogen-bond acceptors (Lipinski definition) is 3. The molecular weight excluding hydrogens is 248 g/mol. The van der Waals surface area contributed by atoms with Gasteiger partial charge in [0.25, 0.3) is 0 Å². The summed E-state index contributed by atoms with van der Waals surface area (Å²) in [6.45, 7) is 5.65. The lowest BCUT2D eigenvalue weighted by molar-refractivity contribution is -0.141. The predicted molar refractivity (Wildman–Crippen MR) is 68.7 cm³/mol. The number of carboxylic acid groups (broad SMARTS) is 1. The first-order valence-electron chi connectivity index (χ1n) is 6.76. The van der Waals surface area contributed by atoms with Gasteiger partial charge in [0.15, 0.2) is 0 Å². The van der Waals surface area contributed by atoms with E-state index in [0.717, 1.165) is 12.8 Å². The molecule has 2 saturated heterocycles. The average Bonchev–Trinajstić information content (AvgIpc) is 2.69. The Morgan fingerprint density at radius 2 is 2.00 bits per heavy atom. The number of piperidine rings is 1. The molecule has 0 bridgehead atoms. The van der Waals surface area contributed by atoms with E-state index in [0.29, 0.717) is 13.1 Å². The molecule has 2 atom stereocenters. The van der Waals surface area contributed by atoms with Crippen molar-refractivity contribution < 1.29 is 19.8 Å². The van der Waals surface area contributed by atoms with E-state index in [1.807, 2.05) is 0 Å². The van der Waals surface area contributed by atoms with Crippen molar-refractivity contribution in [3.8, 4) is 0 Å². The second kappa shape index (κ2) is 5.00. The maximum Gasteiger partial charge on any atom is 0.326 e. The molecule has 6 heteroatoms. The van der Waals surface area contributed by atoms with Gasteiger partial charge in [0.2, 0.25) is 0 Å². The molecule has 0 aromatic carbocycles. The zero-order chi connectivity index (χ0) is 14.2. The minimum absolute atomic E-state index is 0.0744. The van der Waals surface area contributed by atoms with Crippen LogP contribution in [-0.2, 0) is 4.79 Å². The normalized spacial score (nSPS) is 30.5.